The minimum Gasteiger partial charge on any atom is -0.490 e. The smallest absolute Gasteiger partial charge is 0.311 e. The highest BCUT2D eigenvalue weighted by atomic mass is 35.5. The maximum atomic E-state index is 12.6. The largest absolute Gasteiger partial charge is 0.490 e. The first kappa shape index (κ1) is 20.4. The van der Waals surface area contributed by atoms with Crippen molar-refractivity contribution in [3.05, 3.63) is 80.9 Å². The number of fused-ring (bicyclic) bond motifs is 1. The third kappa shape index (κ3) is 4.06. The minimum atomic E-state index is -0.601. The summed E-state index contributed by atoms with van der Waals surface area (Å²) in [4.78, 5) is 27.6. The lowest BCUT2D eigenvalue weighted by molar-refractivity contribution is -0.385. The van der Waals surface area contributed by atoms with Gasteiger partial charge in [-0.1, -0.05) is 17.7 Å². The van der Waals surface area contributed by atoms with E-state index in [1.54, 1.807) is 24.3 Å². The lowest BCUT2D eigenvalue weighted by Crippen LogP contribution is -2.12. The van der Waals surface area contributed by atoms with Crippen LogP contribution in [0.4, 0.5) is 11.4 Å². The van der Waals surface area contributed by atoms with Gasteiger partial charge in [-0.15, -0.1) is 0 Å². The van der Waals surface area contributed by atoms with Crippen molar-refractivity contribution in [1.82, 2.24) is 4.98 Å². The highest BCUT2D eigenvalue weighted by Crippen LogP contribution is 2.30. The van der Waals surface area contributed by atoms with E-state index >= 15 is 0 Å². The van der Waals surface area contributed by atoms with E-state index in [-0.39, 0.29) is 17.0 Å². The van der Waals surface area contributed by atoms with Gasteiger partial charge in [-0.25, -0.2) is 4.98 Å². The Morgan fingerprint density at radius 3 is 2.68 bits per heavy atom. The molecule has 0 spiro atoms. The molecule has 4 rings (SSSR count). The molecule has 31 heavy (non-hydrogen) atoms. The SMILES string of the molecule is COc1ccc(C(=O)Nc2ccc3oc(-c4ccc(C)c(Cl)c4)nc3c2)cc1[N+](=O)[O-]. The molecule has 0 fully saturated rings. The number of nitro benzene ring substituents is 1. The van der Waals surface area contributed by atoms with Gasteiger partial charge in [0.1, 0.15) is 5.52 Å². The number of aromatic nitrogens is 1. The van der Waals surface area contributed by atoms with E-state index in [1.807, 2.05) is 19.1 Å². The molecule has 3 aromatic carbocycles. The molecule has 0 bridgehead atoms. The van der Waals surface area contributed by atoms with E-state index in [2.05, 4.69) is 10.3 Å². The van der Waals surface area contributed by atoms with Gasteiger partial charge in [-0.2, -0.15) is 0 Å². The van der Waals surface area contributed by atoms with Gasteiger partial charge < -0.3 is 14.5 Å². The number of ether oxygens (including phenoxy) is 1. The molecule has 0 aliphatic rings. The average Bonchev–Trinajstić information content (AvgIpc) is 3.18. The van der Waals surface area contributed by atoms with Crippen LogP contribution in [0.15, 0.2) is 59.0 Å². The highest BCUT2D eigenvalue weighted by Gasteiger charge is 2.18. The molecule has 0 saturated carbocycles. The van der Waals surface area contributed by atoms with Crippen molar-refractivity contribution in [2.75, 3.05) is 12.4 Å². The van der Waals surface area contributed by atoms with E-state index in [0.717, 1.165) is 11.1 Å². The van der Waals surface area contributed by atoms with Crippen LogP contribution in [0.5, 0.6) is 5.75 Å². The van der Waals surface area contributed by atoms with Crippen LogP contribution < -0.4 is 10.1 Å². The summed E-state index contributed by atoms with van der Waals surface area (Å²) in [5, 5.41) is 14.5. The predicted octanol–water partition coefficient (Wildman–Crippen LogP) is 5.63. The summed E-state index contributed by atoms with van der Waals surface area (Å²) in [6.07, 6.45) is 0. The zero-order valence-electron chi connectivity index (χ0n) is 16.5. The van der Waals surface area contributed by atoms with Crippen molar-refractivity contribution < 1.29 is 18.9 Å². The summed E-state index contributed by atoms with van der Waals surface area (Å²) in [6.45, 7) is 1.91. The number of oxazole rings is 1. The number of hydrogen-bond acceptors (Lipinski definition) is 6. The topological polar surface area (TPSA) is 108 Å². The van der Waals surface area contributed by atoms with Gasteiger partial charge in [-0.3, -0.25) is 14.9 Å². The van der Waals surface area contributed by atoms with E-state index < -0.39 is 10.8 Å². The molecular weight excluding hydrogens is 422 g/mol. The molecule has 0 aliphatic carbocycles. The van der Waals surface area contributed by atoms with E-state index in [4.69, 9.17) is 20.8 Å². The Balaban J connectivity index is 1.60. The Kier molecular flexibility index (Phi) is 5.31. The Hall–Kier alpha value is -3.91. The van der Waals surface area contributed by atoms with Crippen molar-refractivity contribution in [3.8, 4) is 17.2 Å². The second kappa shape index (κ2) is 8.08. The van der Waals surface area contributed by atoms with Crippen LogP contribution in [0, 0.1) is 17.0 Å². The third-order valence-electron chi connectivity index (χ3n) is 4.70. The first-order valence-electron chi connectivity index (χ1n) is 9.16. The minimum absolute atomic E-state index is 0.0781. The zero-order chi connectivity index (χ0) is 22.1. The van der Waals surface area contributed by atoms with Crippen LogP contribution in [-0.2, 0) is 0 Å². The molecule has 0 aliphatic heterocycles. The van der Waals surface area contributed by atoms with Gasteiger partial charge in [0.15, 0.2) is 11.3 Å². The fraction of sp³-hybridized carbons (Fsp3) is 0.0909. The number of methoxy groups -OCH3 is 1. The van der Waals surface area contributed by atoms with E-state index in [1.165, 1.54) is 25.3 Å². The van der Waals surface area contributed by atoms with Gasteiger partial charge in [-0.05, 0) is 55.0 Å². The van der Waals surface area contributed by atoms with Crippen molar-refractivity contribution in [1.29, 1.82) is 0 Å². The van der Waals surface area contributed by atoms with Crippen LogP contribution in [-0.4, -0.2) is 22.9 Å². The molecule has 156 valence electrons. The number of nitrogens with one attached hydrogen (secondary N) is 1. The maximum absolute atomic E-state index is 12.6. The van der Waals surface area contributed by atoms with Crippen LogP contribution in [0.3, 0.4) is 0 Å². The monoisotopic (exact) mass is 437 g/mol. The van der Waals surface area contributed by atoms with Crippen molar-refractivity contribution >= 4 is 40.0 Å². The van der Waals surface area contributed by atoms with E-state index in [9.17, 15) is 14.9 Å². The van der Waals surface area contributed by atoms with Gasteiger partial charge in [0, 0.05) is 27.9 Å². The lowest BCUT2D eigenvalue weighted by Gasteiger charge is -2.06. The molecule has 1 N–H and O–H groups in total. The Bertz CT molecular complexity index is 1330. The molecule has 8 nitrogen and oxygen atoms in total. The number of hydrogen-bond donors (Lipinski definition) is 1. The van der Waals surface area contributed by atoms with Crippen LogP contribution in [0.25, 0.3) is 22.6 Å². The summed E-state index contributed by atoms with van der Waals surface area (Å²) in [5.41, 5.74) is 3.09. The van der Waals surface area contributed by atoms with Crippen LogP contribution >= 0.6 is 11.6 Å². The zero-order valence-corrected chi connectivity index (χ0v) is 17.3. The van der Waals surface area contributed by atoms with Crippen LogP contribution in [0.1, 0.15) is 15.9 Å². The summed E-state index contributed by atoms with van der Waals surface area (Å²) in [7, 11) is 1.33. The van der Waals surface area contributed by atoms with Gasteiger partial charge in [0.05, 0.1) is 12.0 Å². The Morgan fingerprint density at radius 1 is 1.16 bits per heavy atom. The van der Waals surface area contributed by atoms with Crippen molar-refractivity contribution in [2.45, 2.75) is 6.92 Å². The van der Waals surface area contributed by atoms with Gasteiger partial charge in [0.2, 0.25) is 5.89 Å². The molecule has 1 amide bonds. The van der Waals surface area contributed by atoms with Crippen molar-refractivity contribution in [3.63, 3.8) is 0 Å². The molecular formula is C22H16ClN3O5. The number of aryl methyl sites for hydroxylation is 1. The average molecular weight is 438 g/mol. The van der Waals surface area contributed by atoms with Crippen LogP contribution in [0.2, 0.25) is 5.02 Å². The number of carbonyl (C=O) groups excluding carboxylic acids is 1. The van der Waals surface area contributed by atoms with E-state index in [0.29, 0.717) is 27.7 Å². The number of anilines is 1. The summed E-state index contributed by atoms with van der Waals surface area (Å²) in [6, 6.07) is 14.5. The molecule has 0 unspecified atom stereocenters. The highest BCUT2D eigenvalue weighted by molar-refractivity contribution is 6.31. The van der Waals surface area contributed by atoms with Gasteiger partial charge in [0.25, 0.3) is 5.91 Å². The summed E-state index contributed by atoms with van der Waals surface area (Å²) in [5.74, 6) is -0.0143. The number of nitrogens with zero attached hydrogens (tertiary/aromatic N) is 2. The number of benzene rings is 3. The molecule has 1 heterocycles. The third-order valence-corrected chi connectivity index (χ3v) is 5.11. The number of halogens is 1. The molecule has 9 heteroatoms. The van der Waals surface area contributed by atoms with Gasteiger partial charge >= 0.3 is 5.69 Å². The Morgan fingerprint density at radius 2 is 1.97 bits per heavy atom. The fourth-order valence-electron chi connectivity index (χ4n) is 3.03. The summed E-state index contributed by atoms with van der Waals surface area (Å²) < 4.78 is 10.8. The standard InChI is InChI=1S/C22H16ClN3O5/c1-12-3-4-14(9-16(12)23)22-25-17-11-15(6-8-19(17)31-22)24-21(27)13-5-7-20(30-2)18(10-13)26(28)29/h3-11H,1-2H3,(H,24,27). The molecule has 4 aromatic rings. The first-order valence-corrected chi connectivity index (χ1v) is 9.54. The fourth-order valence-corrected chi connectivity index (χ4v) is 3.21. The predicted molar refractivity (Wildman–Crippen MR) is 117 cm³/mol. The number of amides is 1. The normalized spacial score (nSPS) is 10.8. The number of nitro groups is 1. The molecule has 0 atom stereocenters. The quantitative estimate of drug-likeness (QED) is 0.320. The maximum Gasteiger partial charge on any atom is 0.311 e. The molecule has 1 aromatic heterocycles. The second-order valence-corrected chi connectivity index (χ2v) is 7.17. The van der Waals surface area contributed by atoms with Crippen molar-refractivity contribution in [2.24, 2.45) is 0 Å². The second-order valence-electron chi connectivity index (χ2n) is 6.76. The Labute approximate surface area is 181 Å². The summed E-state index contributed by atoms with van der Waals surface area (Å²) >= 11 is 6.19. The first-order chi connectivity index (χ1) is 14.9. The number of carbonyl (C=O) groups is 1. The molecule has 0 saturated heterocycles. The molecule has 0 radical (unpaired) electrons. The number of rotatable bonds is 5. The lowest BCUT2D eigenvalue weighted by atomic mass is 10.1.